The van der Waals surface area contributed by atoms with E-state index in [2.05, 4.69) is 16.5 Å². The summed E-state index contributed by atoms with van der Waals surface area (Å²) < 4.78 is 0. The second kappa shape index (κ2) is 6.64. The van der Waals surface area contributed by atoms with Gasteiger partial charge >= 0.3 is 0 Å². The monoisotopic (exact) mass is 321 g/mol. The van der Waals surface area contributed by atoms with Gasteiger partial charge in [0.25, 0.3) is 0 Å². The first-order valence-electron chi connectivity index (χ1n) is 6.08. The largest absolute Gasteiger partial charge is 0.354 e. The number of hydrogen-bond acceptors (Lipinski definition) is 5. The molecule has 0 saturated carbocycles. The van der Waals surface area contributed by atoms with E-state index in [0.29, 0.717) is 33.8 Å². The Hall–Kier alpha value is -2.00. The van der Waals surface area contributed by atoms with Crippen molar-refractivity contribution in [2.24, 2.45) is 5.84 Å². The van der Waals surface area contributed by atoms with Crippen LogP contribution in [0.4, 0.5) is 11.6 Å². The first kappa shape index (κ1) is 15.4. The van der Waals surface area contributed by atoms with E-state index >= 15 is 0 Å². The van der Waals surface area contributed by atoms with Gasteiger partial charge in [-0.05, 0) is 23.8 Å². The van der Waals surface area contributed by atoms with E-state index in [9.17, 15) is 0 Å². The third kappa shape index (κ3) is 3.56. The zero-order chi connectivity index (χ0) is 15.4. The van der Waals surface area contributed by atoms with Gasteiger partial charge in [0.1, 0.15) is 5.82 Å². The van der Waals surface area contributed by atoms with Crippen molar-refractivity contribution in [1.82, 2.24) is 4.98 Å². The molecule has 3 N–H and O–H groups in total. The number of pyridine rings is 1. The summed E-state index contributed by atoms with van der Waals surface area (Å²) in [5, 5.41) is 9.70. The van der Waals surface area contributed by atoms with Crippen molar-refractivity contribution in [3.8, 4) is 6.07 Å². The normalized spacial score (nSPS) is 10.0. The zero-order valence-corrected chi connectivity index (χ0v) is 12.8. The molecule has 0 aliphatic carbocycles. The molecule has 1 heterocycles. The highest BCUT2D eigenvalue weighted by atomic mass is 35.5. The van der Waals surface area contributed by atoms with Crippen LogP contribution in [0.2, 0.25) is 10.0 Å². The minimum Gasteiger partial charge on any atom is -0.354 e. The number of nitriles is 1. The fraction of sp³-hybridized carbons (Fsp3) is 0.143. The summed E-state index contributed by atoms with van der Waals surface area (Å²) in [6.45, 7) is 0.549. The van der Waals surface area contributed by atoms with Crippen molar-refractivity contribution >= 4 is 34.8 Å². The molecule has 0 spiro atoms. The smallest absolute Gasteiger partial charge is 0.161 e. The highest BCUT2D eigenvalue weighted by molar-refractivity contribution is 6.37. The quantitative estimate of drug-likeness (QED) is 0.668. The van der Waals surface area contributed by atoms with Crippen molar-refractivity contribution < 1.29 is 0 Å². The number of nitrogen functional groups attached to an aromatic ring is 1. The Balaban J connectivity index is 2.28. The molecule has 0 aliphatic heterocycles. The van der Waals surface area contributed by atoms with Crippen LogP contribution in [0, 0.1) is 11.3 Å². The fourth-order valence-corrected chi connectivity index (χ4v) is 2.47. The molecular weight excluding hydrogens is 309 g/mol. The maximum atomic E-state index is 8.92. The average Bonchev–Trinajstić information content (AvgIpc) is 2.47. The summed E-state index contributed by atoms with van der Waals surface area (Å²) in [7, 11) is 1.85. The SMILES string of the molecule is CN(Cc1cccc(C#N)c1)c1nc(NN)c(Cl)cc1Cl. The Morgan fingerprint density at radius 3 is 2.76 bits per heavy atom. The predicted molar refractivity (Wildman–Crippen MR) is 85.3 cm³/mol. The summed E-state index contributed by atoms with van der Waals surface area (Å²) in [5.41, 5.74) is 4.02. The van der Waals surface area contributed by atoms with Gasteiger partial charge in [-0.25, -0.2) is 10.8 Å². The Morgan fingerprint density at radius 2 is 2.10 bits per heavy atom. The van der Waals surface area contributed by atoms with Gasteiger partial charge < -0.3 is 10.3 Å². The molecule has 7 heteroatoms. The Kier molecular flexibility index (Phi) is 4.86. The van der Waals surface area contributed by atoms with Crippen LogP contribution in [0.3, 0.4) is 0 Å². The minimum absolute atomic E-state index is 0.353. The van der Waals surface area contributed by atoms with Crippen molar-refractivity contribution in [1.29, 1.82) is 5.26 Å². The van der Waals surface area contributed by atoms with Gasteiger partial charge in [0.05, 0.1) is 21.7 Å². The average molecular weight is 322 g/mol. The van der Waals surface area contributed by atoms with Gasteiger partial charge in [0.2, 0.25) is 0 Å². The Morgan fingerprint density at radius 1 is 1.33 bits per heavy atom. The molecule has 1 aromatic heterocycles. The van der Waals surface area contributed by atoms with Crippen LogP contribution in [-0.2, 0) is 6.54 Å². The van der Waals surface area contributed by atoms with Crippen LogP contribution in [0.1, 0.15) is 11.1 Å². The van der Waals surface area contributed by atoms with Gasteiger partial charge in [-0.15, -0.1) is 0 Å². The molecule has 1 aromatic carbocycles. The molecule has 0 bridgehead atoms. The highest BCUT2D eigenvalue weighted by Gasteiger charge is 2.13. The van der Waals surface area contributed by atoms with E-state index in [4.69, 9.17) is 34.3 Å². The summed E-state index contributed by atoms with van der Waals surface area (Å²) in [4.78, 5) is 6.15. The maximum absolute atomic E-state index is 8.92. The van der Waals surface area contributed by atoms with Crippen molar-refractivity contribution in [2.45, 2.75) is 6.54 Å². The molecule has 0 fully saturated rings. The number of hydrazine groups is 1. The number of nitrogens with one attached hydrogen (secondary N) is 1. The second-order valence-electron chi connectivity index (χ2n) is 4.44. The summed E-state index contributed by atoms with van der Waals surface area (Å²) >= 11 is 12.1. The van der Waals surface area contributed by atoms with Crippen LogP contribution in [0.25, 0.3) is 0 Å². The van der Waals surface area contributed by atoms with E-state index in [1.807, 2.05) is 30.1 Å². The first-order chi connectivity index (χ1) is 10.0. The molecule has 5 nitrogen and oxygen atoms in total. The minimum atomic E-state index is 0.353. The standard InChI is InChI=1S/C14H13Cl2N5/c1-21(8-10-4-2-3-9(5-10)7-17)14-12(16)6-11(15)13(19-14)20-18/h2-6H,8,18H2,1H3,(H,19,20). The first-order valence-corrected chi connectivity index (χ1v) is 6.83. The number of nitrogens with zero attached hydrogens (tertiary/aromatic N) is 3. The Bertz CT molecular complexity index is 696. The topological polar surface area (TPSA) is 78.0 Å². The predicted octanol–water partition coefficient (Wildman–Crippen LogP) is 3.18. The molecule has 108 valence electrons. The van der Waals surface area contributed by atoms with Crippen LogP contribution in [0.15, 0.2) is 30.3 Å². The molecular formula is C14H13Cl2N5. The molecule has 21 heavy (non-hydrogen) atoms. The summed E-state index contributed by atoms with van der Waals surface area (Å²) in [5.74, 6) is 6.27. The van der Waals surface area contributed by atoms with Crippen LogP contribution in [-0.4, -0.2) is 12.0 Å². The summed E-state index contributed by atoms with van der Waals surface area (Å²) in [6, 6.07) is 11.1. The number of hydrogen-bond donors (Lipinski definition) is 2. The van der Waals surface area contributed by atoms with Crippen molar-refractivity contribution in [3.63, 3.8) is 0 Å². The lowest BCUT2D eigenvalue weighted by Gasteiger charge is -2.20. The van der Waals surface area contributed by atoms with Crippen LogP contribution in [0.5, 0.6) is 0 Å². The van der Waals surface area contributed by atoms with Gasteiger partial charge in [-0.3, -0.25) is 0 Å². The molecule has 0 radical (unpaired) electrons. The Labute approximate surface area is 132 Å². The van der Waals surface area contributed by atoms with Gasteiger partial charge in [-0.1, -0.05) is 35.3 Å². The highest BCUT2D eigenvalue weighted by Crippen LogP contribution is 2.31. The van der Waals surface area contributed by atoms with E-state index in [0.717, 1.165) is 5.56 Å². The number of nitrogens with two attached hydrogens (primary N) is 1. The number of anilines is 2. The van der Waals surface area contributed by atoms with Gasteiger partial charge in [0, 0.05) is 13.6 Å². The lowest BCUT2D eigenvalue weighted by atomic mass is 10.1. The van der Waals surface area contributed by atoms with Crippen LogP contribution < -0.4 is 16.2 Å². The van der Waals surface area contributed by atoms with E-state index < -0.39 is 0 Å². The zero-order valence-electron chi connectivity index (χ0n) is 11.3. The fourth-order valence-electron chi connectivity index (χ4n) is 1.91. The molecule has 0 saturated heterocycles. The lowest BCUT2D eigenvalue weighted by molar-refractivity contribution is 0.898. The molecule has 0 aliphatic rings. The third-order valence-corrected chi connectivity index (χ3v) is 3.45. The number of aromatic nitrogens is 1. The molecule has 2 aromatic rings. The second-order valence-corrected chi connectivity index (χ2v) is 5.25. The molecule has 0 unspecified atom stereocenters. The lowest BCUT2D eigenvalue weighted by Crippen LogP contribution is -2.19. The molecule has 0 amide bonds. The van der Waals surface area contributed by atoms with Gasteiger partial charge in [-0.2, -0.15) is 5.26 Å². The van der Waals surface area contributed by atoms with E-state index in [1.54, 1.807) is 12.1 Å². The number of rotatable bonds is 4. The number of benzene rings is 1. The summed E-state index contributed by atoms with van der Waals surface area (Å²) in [6.07, 6.45) is 0. The van der Waals surface area contributed by atoms with Gasteiger partial charge in [0.15, 0.2) is 5.82 Å². The van der Waals surface area contributed by atoms with Crippen molar-refractivity contribution in [2.75, 3.05) is 17.4 Å². The van der Waals surface area contributed by atoms with E-state index in [-0.39, 0.29) is 0 Å². The maximum Gasteiger partial charge on any atom is 0.161 e. The third-order valence-electron chi connectivity index (χ3n) is 2.89. The molecule has 0 atom stereocenters. The number of halogens is 2. The molecule has 2 rings (SSSR count). The van der Waals surface area contributed by atoms with E-state index in [1.165, 1.54) is 0 Å². The van der Waals surface area contributed by atoms with Crippen LogP contribution >= 0.6 is 23.2 Å². The van der Waals surface area contributed by atoms with Crippen molar-refractivity contribution in [3.05, 3.63) is 51.5 Å².